The van der Waals surface area contributed by atoms with Gasteiger partial charge in [-0.3, -0.25) is 4.79 Å². The largest absolute Gasteiger partial charge is 0.295 e. The molecule has 0 radical (unpaired) electrons. The molecule has 0 saturated carbocycles. The highest BCUT2D eigenvalue weighted by Gasteiger charge is 2.05. The summed E-state index contributed by atoms with van der Waals surface area (Å²) in [7, 11) is 0. The number of carbonyl (C=O) groups is 1. The molecule has 3 heteroatoms. The van der Waals surface area contributed by atoms with Crippen molar-refractivity contribution in [3.8, 4) is 0 Å². The number of halogens is 2. The number of hydrogen-bond donors (Lipinski definition) is 0. The molecular weight excluding hydrogens is 320 g/mol. The quantitative estimate of drug-likeness (QED) is 0.322. The van der Waals surface area contributed by atoms with E-state index in [4.69, 9.17) is 0 Å². The van der Waals surface area contributed by atoms with Gasteiger partial charge >= 0.3 is 0 Å². The van der Waals surface area contributed by atoms with Crippen LogP contribution in [-0.4, -0.2) is 16.4 Å². The van der Waals surface area contributed by atoms with Crippen LogP contribution >= 0.6 is 31.9 Å². The highest BCUT2D eigenvalue weighted by molar-refractivity contribution is 9.09. The Labute approximate surface area is 110 Å². The molecular formula is C12H20Br2O. The number of carbonyl (C=O) groups excluding carboxylic acids is 1. The fraction of sp³-hybridized carbons (Fsp3) is 0.750. The lowest BCUT2D eigenvalue weighted by atomic mass is 10.0. The van der Waals surface area contributed by atoms with E-state index in [9.17, 15) is 4.79 Å². The van der Waals surface area contributed by atoms with Crippen molar-refractivity contribution >= 4 is 37.6 Å². The smallest absolute Gasteiger partial charge is 0.158 e. The first-order valence-electron chi connectivity index (χ1n) is 5.55. The monoisotopic (exact) mass is 338 g/mol. The zero-order valence-corrected chi connectivity index (χ0v) is 12.4. The zero-order valence-electron chi connectivity index (χ0n) is 9.24. The topological polar surface area (TPSA) is 17.1 Å². The average Bonchev–Trinajstić information content (AvgIpc) is 2.24. The van der Waals surface area contributed by atoms with Crippen molar-refractivity contribution in [3.63, 3.8) is 0 Å². The SMILES string of the molecule is C=C(CCCCBr)C(=O)CCCCCBr. The molecule has 0 atom stereocenters. The molecule has 0 spiro atoms. The Bertz CT molecular complexity index is 190. The molecule has 0 heterocycles. The number of Topliss-reactive ketones (excluding diaryl/α,β-unsaturated/α-hetero) is 1. The standard InChI is InChI=1S/C12H20Br2O/c1-11(7-4-6-10-14)12(15)8-3-2-5-9-13/h1-10H2. The van der Waals surface area contributed by atoms with Crippen molar-refractivity contribution in [1.82, 2.24) is 0 Å². The van der Waals surface area contributed by atoms with Crippen LogP contribution in [0.5, 0.6) is 0 Å². The van der Waals surface area contributed by atoms with Gasteiger partial charge in [0.25, 0.3) is 0 Å². The molecule has 0 saturated heterocycles. The van der Waals surface area contributed by atoms with Gasteiger partial charge in [0.05, 0.1) is 0 Å². The van der Waals surface area contributed by atoms with Gasteiger partial charge in [-0.15, -0.1) is 0 Å². The molecule has 0 fully saturated rings. The Morgan fingerprint density at radius 2 is 1.40 bits per heavy atom. The van der Waals surface area contributed by atoms with Gasteiger partial charge < -0.3 is 0 Å². The van der Waals surface area contributed by atoms with Crippen molar-refractivity contribution in [2.45, 2.75) is 44.9 Å². The molecule has 0 aromatic rings. The Kier molecular flexibility index (Phi) is 11.1. The van der Waals surface area contributed by atoms with E-state index in [1.165, 1.54) is 0 Å². The van der Waals surface area contributed by atoms with Crippen LogP contribution in [0.4, 0.5) is 0 Å². The van der Waals surface area contributed by atoms with Crippen molar-refractivity contribution < 1.29 is 4.79 Å². The summed E-state index contributed by atoms with van der Waals surface area (Å²) >= 11 is 6.76. The summed E-state index contributed by atoms with van der Waals surface area (Å²) in [6.45, 7) is 3.85. The maximum Gasteiger partial charge on any atom is 0.158 e. The Hall–Kier alpha value is 0.370. The average molecular weight is 340 g/mol. The predicted octanol–water partition coefficient (Wildman–Crippen LogP) is 4.63. The van der Waals surface area contributed by atoms with E-state index in [-0.39, 0.29) is 5.78 Å². The molecule has 15 heavy (non-hydrogen) atoms. The number of rotatable bonds is 10. The minimum atomic E-state index is 0.263. The van der Waals surface area contributed by atoms with E-state index in [0.29, 0.717) is 6.42 Å². The first kappa shape index (κ1) is 15.4. The molecule has 0 aliphatic rings. The molecule has 0 aliphatic carbocycles. The van der Waals surface area contributed by atoms with Crippen LogP contribution in [0.3, 0.4) is 0 Å². The number of alkyl halides is 2. The van der Waals surface area contributed by atoms with Crippen molar-refractivity contribution in [2.75, 3.05) is 10.7 Å². The molecule has 0 aliphatic heterocycles. The summed E-state index contributed by atoms with van der Waals surface area (Å²) in [5.74, 6) is 0.263. The van der Waals surface area contributed by atoms with Gasteiger partial charge in [-0.1, -0.05) is 44.9 Å². The zero-order chi connectivity index (χ0) is 11.5. The first-order chi connectivity index (χ1) is 7.22. The molecule has 0 bridgehead atoms. The summed E-state index contributed by atoms with van der Waals surface area (Å²) in [6, 6.07) is 0. The van der Waals surface area contributed by atoms with E-state index in [1.54, 1.807) is 0 Å². The van der Waals surface area contributed by atoms with Crippen LogP contribution in [0.15, 0.2) is 12.2 Å². The molecule has 0 rings (SSSR count). The second-order valence-electron chi connectivity index (χ2n) is 3.67. The third-order valence-corrected chi connectivity index (χ3v) is 3.42. The fourth-order valence-electron chi connectivity index (χ4n) is 1.31. The number of allylic oxidation sites excluding steroid dienone is 1. The second kappa shape index (κ2) is 10.9. The molecule has 88 valence electrons. The summed E-state index contributed by atoms with van der Waals surface area (Å²) in [4.78, 5) is 11.6. The van der Waals surface area contributed by atoms with Crippen molar-refractivity contribution in [3.05, 3.63) is 12.2 Å². The predicted molar refractivity (Wildman–Crippen MR) is 74.1 cm³/mol. The lowest BCUT2D eigenvalue weighted by Crippen LogP contribution is -2.01. The van der Waals surface area contributed by atoms with Gasteiger partial charge in [0.15, 0.2) is 5.78 Å². The lowest BCUT2D eigenvalue weighted by Gasteiger charge is -2.03. The van der Waals surface area contributed by atoms with E-state index >= 15 is 0 Å². The van der Waals surface area contributed by atoms with Crippen molar-refractivity contribution in [1.29, 1.82) is 0 Å². The number of ketones is 1. The van der Waals surface area contributed by atoms with E-state index in [1.807, 2.05) is 0 Å². The lowest BCUT2D eigenvalue weighted by molar-refractivity contribution is -0.115. The van der Waals surface area contributed by atoms with Gasteiger partial charge in [-0.05, 0) is 37.7 Å². The number of unbranched alkanes of at least 4 members (excludes halogenated alkanes) is 3. The van der Waals surface area contributed by atoms with Gasteiger partial charge in [-0.25, -0.2) is 0 Å². The first-order valence-corrected chi connectivity index (χ1v) is 7.79. The summed E-state index contributed by atoms with van der Waals surface area (Å²) in [5.41, 5.74) is 0.815. The Balaban J connectivity index is 3.47. The van der Waals surface area contributed by atoms with E-state index in [2.05, 4.69) is 38.4 Å². The highest BCUT2D eigenvalue weighted by atomic mass is 79.9. The van der Waals surface area contributed by atoms with Gasteiger partial charge in [-0.2, -0.15) is 0 Å². The highest BCUT2D eigenvalue weighted by Crippen LogP contribution is 2.12. The molecule has 0 aromatic carbocycles. The van der Waals surface area contributed by atoms with E-state index in [0.717, 1.165) is 54.8 Å². The van der Waals surface area contributed by atoms with Crippen LogP contribution in [0.2, 0.25) is 0 Å². The minimum absolute atomic E-state index is 0.263. The Morgan fingerprint density at radius 3 is 2.00 bits per heavy atom. The van der Waals surface area contributed by atoms with Crippen LogP contribution in [0.1, 0.15) is 44.9 Å². The van der Waals surface area contributed by atoms with Crippen LogP contribution in [-0.2, 0) is 4.79 Å². The van der Waals surface area contributed by atoms with Crippen LogP contribution < -0.4 is 0 Å². The maximum atomic E-state index is 11.6. The third kappa shape index (κ3) is 9.31. The van der Waals surface area contributed by atoms with Crippen LogP contribution in [0.25, 0.3) is 0 Å². The maximum absolute atomic E-state index is 11.6. The van der Waals surface area contributed by atoms with Crippen molar-refractivity contribution in [2.24, 2.45) is 0 Å². The van der Waals surface area contributed by atoms with E-state index < -0.39 is 0 Å². The molecule has 0 amide bonds. The Morgan fingerprint density at radius 1 is 0.867 bits per heavy atom. The molecule has 0 aromatic heterocycles. The van der Waals surface area contributed by atoms with Crippen LogP contribution in [0, 0.1) is 0 Å². The second-order valence-corrected chi connectivity index (χ2v) is 5.26. The fourth-order valence-corrected chi connectivity index (χ4v) is 2.10. The third-order valence-electron chi connectivity index (χ3n) is 2.29. The number of hydrogen-bond acceptors (Lipinski definition) is 1. The minimum Gasteiger partial charge on any atom is -0.295 e. The summed E-state index contributed by atoms with van der Waals surface area (Å²) in [6.07, 6.45) is 7.02. The van der Waals surface area contributed by atoms with Gasteiger partial charge in [0.2, 0.25) is 0 Å². The summed E-state index contributed by atoms with van der Waals surface area (Å²) in [5, 5.41) is 2.05. The van der Waals surface area contributed by atoms with Gasteiger partial charge in [0, 0.05) is 17.1 Å². The molecule has 0 N–H and O–H groups in total. The summed E-state index contributed by atoms with van der Waals surface area (Å²) < 4.78 is 0. The molecule has 0 unspecified atom stereocenters. The molecule has 1 nitrogen and oxygen atoms in total. The van der Waals surface area contributed by atoms with Gasteiger partial charge in [0.1, 0.15) is 0 Å². The normalized spacial score (nSPS) is 10.3.